The van der Waals surface area contributed by atoms with Crippen LogP contribution in [0.3, 0.4) is 0 Å². The van der Waals surface area contributed by atoms with Gasteiger partial charge in [-0.3, -0.25) is 4.79 Å². The Morgan fingerprint density at radius 1 is 1.56 bits per heavy atom. The van der Waals surface area contributed by atoms with Crippen molar-refractivity contribution in [3.05, 3.63) is 38.3 Å². The topological polar surface area (TPSA) is 70.7 Å². The lowest BCUT2D eigenvalue weighted by Crippen LogP contribution is -2.15. The van der Waals surface area contributed by atoms with Crippen LogP contribution in [0.5, 0.6) is 0 Å². The van der Waals surface area contributed by atoms with Gasteiger partial charge in [-0.2, -0.15) is 0 Å². The Morgan fingerprint density at radius 3 is 2.94 bits per heavy atom. The number of hydrogen-bond acceptors (Lipinski definition) is 5. The number of H-pyrrole nitrogens is 1. The number of hydrogen-bond donors (Lipinski definition) is 2. The molecule has 2 N–H and O–H groups in total. The SMILES string of the molecule is CCc1nc(NC(C)c2ncc(C)s2)cc(=O)[nH]1. The van der Waals surface area contributed by atoms with Gasteiger partial charge in [0.05, 0.1) is 6.04 Å². The third-order valence-electron chi connectivity index (χ3n) is 2.50. The number of aromatic amines is 1. The fraction of sp³-hybridized carbons (Fsp3) is 0.417. The van der Waals surface area contributed by atoms with E-state index in [4.69, 9.17) is 0 Å². The Morgan fingerprint density at radius 2 is 2.33 bits per heavy atom. The van der Waals surface area contributed by atoms with E-state index in [1.54, 1.807) is 11.3 Å². The van der Waals surface area contributed by atoms with Gasteiger partial charge >= 0.3 is 0 Å². The van der Waals surface area contributed by atoms with Gasteiger partial charge in [0.2, 0.25) is 0 Å². The Hall–Kier alpha value is -1.69. The fourth-order valence-electron chi connectivity index (χ4n) is 1.61. The molecule has 6 heteroatoms. The second-order valence-corrected chi connectivity index (χ2v) is 5.37. The summed E-state index contributed by atoms with van der Waals surface area (Å²) in [6.07, 6.45) is 2.55. The lowest BCUT2D eigenvalue weighted by molar-refractivity contribution is 0.842. The van der Waals surface area contributed by atoms with Crippen LogP contribution in [0.4, 0.5) is 5.82 Å². The van der Waals surface area contributed by atoms with Gasteiger partial charge < -0.3 is 10.3 Å². The lowest BCUT2D eigenvalue weighted by atomic mass is 10.3. The zero-order valence-electron chi connectivity index (χ0n) is 10.7. The molecule has 1 atom stereocenters. The van der Waals surface area contributed by atoms with Crippen molar-refractivity contribution >= 4 is 17.2 Å². The van der Waals surface area contributed by atoms with Crippen molar-refractivity contribution in [3.63, 3.8) is 0 Å². The molecule has 2 rings (SSSR count). The number of aryl methyl sites for hydroxylation is 2. The smallest absolute Gasteiger partial charge is 0.252 e. The maximum absolute atomic E-state index is 11.4. The summed E-state index contributed by atoms with van der Waals surface area (Å²) in [4.78, 5) is 24.0. The maximum atomic E-state index is 11.4. The summed E-state index contributed by atoms with van der Waals surface area (Å²) >= 11 is 1.64. The van der Waals surface area contributed by atoms with Gasteiger partial charge in [-0.05, 0) is 13.8 Å². The van der Waals surface area contributed by atoms with Gasteiger partial charge in [-0.1, -0.05) is 6.92 Å². The molecule has 96 valence electrons. The molecule has 0 saturated heterocycles. The minimum atomic E-state index is -0.133. The van der Waals surface area contributed by atoms with E-state index >= 15 is 0 Å². The summed E-state index contributed by atoms with van der Waals surface area (Å²) in [7, 11) is 0. The van der Waals surface area contributed by atoms with Crippen molar-refractivity contribution in [2.24, 2.45) is 0 Å². The first-order valence-electron chi connectivity index (χ1n) is 5.87. The molecule has 5 nitrogen and oxygen atoms in total. The summed E-state index contributed by atoms with van der Waals surface area (Å²) < 4.78 is 0. The van der Waals surface area contributed by atoms with E-state index in [0.717, 1.165) is 5.01 Å². The molecule has 0 radical (unpaired) electrons. The number of rotatable bonds is 4. The average Bonchev–Trinajstić information content (AvgIpc) is 2.75. The largest absolute Gasteiger partial charge is 0.361 e. The second kappa shape index (κ2) is 5.30. The molecule has 0 fully saturated rings. The van der Waals surface area contributed by atoms with Crippen molar-refractivity contribution in [1.82, 2.24) is 15.0 Å². The number of nitrogens with zero attached hydrogens (tertiary/aromatic N) is 2. The third-order valence-corrected chi connectivity index (χ3v) is 3.60. The zero-order valence-corrected chi connectivity index (χ0v) is 11.5. The first-order valence-corrected chi connectivity index (χ1v) is 6.69. The standard InChI is InChI=1S/C12H16N4OS/c1-4-9-15-10(5-11(17)16-9)14-8(3)12-13-6-7(2)18-12/h5-6,8H,4H2,1-3H3,(H2,14,15,16,17). The molecule has 0 amide bonds. The monoisotopic (exact) mass is 264 g/mol. The number of thiazole rings is 1. The van der Waals surface area contributed by atoms with Crippen LogP contribution in [0.1, 0.15) is 35.6 Å². The lowest BCUT2D eigenvalue weighted by Gasteiger charge is -2.12. The number of nitrogens with one attached hydrogen (secondary N) is 2. The van der Waals surface area contributed by atoms with Gasteiger partial charge in [0.1, 0.15) is 16.6 Å². The summed E-state index contributed by atoms with van der Waals surface area (Å²) in [5, 5.41) is 4.20. The molecule has 1 unspecified atom stereocenters. The molecule has 18 heavy (non-hydrogen) atoms. The van der Waals surface area contributed by atoms with Gasteiger partial charge in [0, 0.05) is 23.6 Å². The Kier molecular flexibility index (Phi) is 3.76. The third kappa shape index (κ3) is 2.95. The molecular weight excluding hydrogens is 248 g/mol. The van der Waals surface area contributed by atoms with Crippen LogP contribution in [0.25, 0.3) is 0 Å². The van der Waals surface area contributed by atoms with Crippen LogP contribution in [-0.4, -0.2) is 15.0 Å². The summed E-state index contributed by atoms with van der Waals surface area (Å²) in [5.41, 5.74) is -0.133. The normalized spacial score (nSPS) is 12.4. The number of aromatic nitrogens is 3. The molecule has 0 bridgehead atoms. The maximum Gasteiger partial charge on any atom is 0.252 e. The molecule has 2 aromatic heterocycles. The molecule has 2 heterocycles. The van der Waals surface area contributed by atoms with Crippen LogP contribution in [0, 0.1) is 6.92 Å². The highest BCUT2D eigenvalue weighted by Crippen LogP contribution is 2.21. The molecule has 0 aromatic carbocycles. The summed E-state index contributed by atoms with van der Waals surface area (Å²) in [6.45, 7) is 5.98. The predicted octanol–water partition coefficient (Wildman–Crippen LogP) is 2.27. The van der Waals surface area contributed by atoms with Crippen molar-refractivity contribution in [2.75, 3.05) is 5.32 Å². The van der Waals surface area contributed by atoms with Crippen molar-refractivity contribution in [2.45, 2.75) is 33.2 Å². The van der Waals surface area contributed by atoms with Gasteiger partial charge in [0.25, 0.3) is 5.56 Å². The van der Waals surface area contributed by atoms with E-state index < -0.39 is 0 Å². The first-order chi connectivity index (χ1) is 8.58. The number of anilines is 1. The van der Waals surface area contributed by atoms with Crippen molar-refractivity contribution in [3.8, 4) is 0 Å². The van der Waals surface area contributed by atoms with E-state index in [-0.39, 0.29) is 11.6 Å². The van der Waals surface area contributed by atoms with Gasteiger partial charge in [0.15, 0.2) is 0 Å². The van der Waals surface area contributed by atoms with Gasteiger partial charge in [-0.15, -0.1) is 11.3 Å². The van der Waals surface area contributed by atoms with E-state index in [9.17, 15) is 4.79 Å². The quantitative estimate of drug-likeness (QED) is 0.888. The zero-order chi connectivity index (χ0) is 13.1. The second-order valence-electron chi connectivity index (χ2n) is 4.11. The van der Waals surface area contributed by atoms with Crippen LogP contribution in [0.2, 0.25) is 0 Å². The van der Waals surface area contributed by atoms with E-state index in [2.05, 4.69) is 20.3 Å². The molecule has 0 aliphatic rings. The first kappa shape index (κ1) is 12.8. The fourth-order valence-corrected chi connectivity index (χ4v) is 2.38. The molecule has 0 aliphatic carbocycles. The van der Waals surface area contributed by atoms with Gasteiger partial charge in [-0.25, -0.2) is 9.97 Å². The van der Waals surface area contributed by atoms with Crippen molar-refractivity contribution in [1.29, 1.82) is 0 Å². The summed E-state index contributed by atoms with van der Waals surface area (Å²) in [6, 6.07) is 1.51. The van der Waals surface area contributed by atoms with E-state index in [1.807, 2.05) is 27.0 Å². The average molecular weight is 264 g/mol. The van der Waals surface area contributed by atoms with Crippen LogP contribution < -0.4 is 10.9 Å². The Bertz CT molecular complexity index is 590. The highest BCUT2D eigenvalue weighted by Gasteiger charge is 2.10. The van der Waals surface area contributed by atoms with Crippen LogP contribution in [0.15, 0.2) is 17.1 Å². The van der Waals surface area contributed by atoms with E-state index in [1.165, 1.54) is 10.9 Å². The van der Waals surface area contributed by atoms with E-state index in [0.29, 0.717) is 18.1 Å². The highest BCUT2D eigenvalue weighted by molar-refractivity contribution is 7.11. The Labute approximate surface area is 109 Å². The van der Waals surface area contributed by atoms with Crippen LogP contribution in [-0.2, 0) is 6.42 Å². The minimum absolute atomic E-state index is 0.0442. The van der Waals surface area contributed by atoms with Crippen molar-refractivity contribution < 1.29 is 0 Å². The molecule has 0 saturated carbocycles. The molecule has 0 spiro atoms. The Balaban J connectivity index is 2.18. The predicted molar refractivity (Wildman–Crippen MR) is 73.1 cm³/mol. The molecular formula is C12H16N4OS. The van der Waals surface area contributed by atoms with Crippen LogP contribution >= 0.6 is 11.3 Å². The minimum Gasteiger partial charge on any atom is -0.361 e. The molecule has 2 aromatic rings. The highest BCUT2D eigenvalue weighted by atomic mass is 32.1. The molecule has 0 aliphatic heterocycles. The summed E-state index contributed by atoms with van der Waals surface area (Å²) in [5.74, 6) is 1.28.